The first-order valence-corrected chi connectivity index (χ1v) is 6.83. The zero-order valence-corrected chi connectivity index (χ0v) is 11.4. The van der Waals surface area contributed by atoms with Crippen molar-refractivity contribution in [1.29, 1.82) is 0 Å². The number of para-hydroxylation sites is 1. The van der Waals surface area contributed by atoms with Gasteiger partial charge in [0.2, 0.25) is 0 Å². The largest absolute Gasteiger partial charge is 0.398 e. The number of rotatable bonds is 1. The van der Waals surface area contributed by atoms with Crippen LogP contribution in [0.4, 0.5) is 5.69 Å². The Kier molecular flexibility index (Phi) is 3.46. The lowest BCUT2D eigenvalue weighted by atomic mass is 9.68. The molecule has 0 spiro atoms. The summed E-state index contributed by atoms with van der Waals surface area (Å²) >= 11 is 0. The maximum Gasteiger partial charge on any atom is 0.0349 e. The van der Waals surface area contributed by atoms with Crippen LogP contribution in [0.3, 0.4) is 0 Å². The normalized spacial score (nSPS) is 25.8. The quantitative estimate of drug-likeness (QED) is 0.703. The summed E-state index contributed by atoms with van der Waals surface area (Å²) in [5.74, 6) is 1.57. The molecule has 2 rings (SSSR count). The van der Waals surface area contributed by atoms with Crippen LogP contribution in [-0.2, 0) is 0 Å². The summed E-state index contributed by atoms with van der Waals surface area (Å²) in [6, 6.07) is 8.38. The van der Waals surface area contributed by atoms with Crippen molar-refractivity contribution >= 4 is 5.69 Å². The summed E-state index contributed by atoms with van der Waals surface area (Å²) in [5.41, 5.74) is 8.89. The van der Waals surface area contributed by atoms with Crippen LogP contribution in [0.5, 0.6) is 0 Å². The molecule has 0 saturated heterocycles. The molecule has 1 saturated carbocycles. The molecular formula is C16H25N. The van der Waals surface area contributed by atoms with Crippen molar-refractivity contribution in [2.75, 3.05) is 5.73 Å². The van der Waals surface area contributed by atoms with Gasteiger partial charge in [-0.05, 0) is 54.6 Å². The molecule has 17 heavy (non-hydrogen) atoms. The average Bonchev–Trinajstić information content (AvgIpc) is 2.29. The molecule has 0 unspecified atom stereocenters. The van der Waals surface area contributed by atoms with Crippen molar-refractivity contribution < 1.29 is 0 Å². The van der Waals surface area contributed by atoms with Crippen LogP contribution in [0, 0.1) is 11.3 Å². The molecule has 0 aliphatic heterocycles. The lowest BCUT2D eigenvalue weighted by Crippen LogP contribution is -2.25. The van der Waals surface area contributed by atoms with E-state index in [2.05, 4.69) is 32.9 Å². The Morgan fingerprint density at radius 1 is 1.00 bits per heavy atom. The van der Waals surface area contributed by atoms with Crippen molar-refractivity contribution in [2.24, 2.45) is 11.3 Å². The molecule has 0 aromatic heterocycles. The lowest BCUT2D eigenvalue weighted by Gasteiger charge is -2.37. The zero-order valence-electron chi connectivity index (χ0n) is 11.4. The highest BCUT2D eigenvalue weighted by Crippen LogP contribution is 2.44. The van der Waals surface area contributed by atoms with Crippen LogP contribution in [0.1, 0.15) is 57.9 Å². The maximum absolute atomic E-state index is 6.07. The SMILES string of the molecule is CC(C)(C)C1CCC(c2ccccc2N)CC1. The van der Waals surface area contributed by atoms with E-state index in [0.717, 1.165) is 11.6 Å². The molecule has 1 aliphatic rings. The number of hydrogen-bond donors (Lipinski definition) is 1. The highest BCUT2D eigenvalue weighted by molar-refractivity contribution is 5.48. The van der Waals surface area contributed by atoms with Gasteiger partial charge in [0.15, 0.2) is 0 Å². The van der Waals surface area contributed by atoms with E-state index in [0.29, 0.717) is 11.3 Å². The fraction of sp³-hybridized carbons (Fsp3) is 0.625. The topological polar surface area (TPSA) is 26.0 Å². The van der Waals surface area contributed by atoms with E-state index in [1.807, 2.05) is 12.1 Å². The van der Waals surface area contributed by atoms with E-state index in [4.69, 9.17) is 5.73 Å². The van der Waals surface area contributed by atoms with Crippen molar-refractivity contribution in [3.8, 4) is 0 Å². The van der Waals surface area contributed by atoms with Gasteiger partial charge in [-0.1, -0.05) is 39.0 Å². The molecule has 0 amide bonds. The van der Waals surface area contributed by atoms with Gasteiger partial charge in [0.1, 0.15) is 0 Å². The second kappa shape index (κ2) is 4.72. The first kappa shape index (κ1) is 12.5. The fourth-order valence-electron chi connectivity index (χ4n) is 3.15. The van der Waals surface area contributed by atoms with Gasteiger partial charge in [0.25, 0.3) is 0 Å². The molecule has 0 heterocycles. The monoisotopic (exact) mass is 231 g/mol. The van der Waals surface area contributed by atoms with Gasteiger partial charge in [-0.3, -0.25) is 0 Å². The maximum atomic E-state index is 6.07. The third-order valence-electron chi connectivity index (χ3n) is 4.39. The van der Waals surface area contributed by atoms with Crippen molar-refractivity contribution in [2.45, 2.75) is 52.4 Å². The molecule has 1 aliphatic carbocycles. The van der Waals surface area contributed by atoms with Gasteiger partial charge in [-0.25, -0.2) is 0 Å². The lowest BCUT2D eigenvalue weighted by molar-refractivity contribution is 0.169. The van der Waals surface area contributed by atoms with E-state index in [1.165, 1.54) is 31.2 Å². The number of benzene rings is 1. The predicted molar refractivity (Wildman–Crippen MR) is 75.0 cm³/mol. The van der Waals surface area contributed by atoms with Gasteiger partial charge in [-0.2, -0.15) is 0 Å². The van der Waals surface area contributed by atoms with Crippen molar-refractivity contribution in [3.05, 3.63) is 29.8 Å². The average molecular weight is 231 g/mol. The Morgan fingerprint density at radius 3 is 2.12 bits per heavy atom. The summed E-state index contributed by atoms with van der Waals surface area (Å²) in [6.07, 6.45) is 5.30. The van der Waals surface area contributed by atoms with Gasteiger partial charge < -0.3 is 5.73 Å². The molecular weight excluding hydrogens is 206 g/mol. The molecule has 1 aromatic carbocycles. The Morgan fingerprint density at radius 2 is 1.59 bits per heavy atom. The molecule has 94 valence electrons. The number of nitrogen functional groups attached to an aromatic ring is 1. The third-order valence-corrected chi connectivity index (χ3v) is 4.39. The molecule has 0 radical (unpaired) electrons. The van der Waals surface area contributed by atoms with Gasteiger partial charge in [-0.15, -0.1) is 0 Å². The van der Waals surface area contributed by atoms with Crippen LogP contribution in [0.2, 0.25) is 0 Å². The Labute approximate surface area is 105 Å². The zero-order chi connectivity index (χ0) is 12.5. The molecule has 1 nitrogen and oxygen atoms in total. The fourth-order valence-corrected chi connectivity index (χ4v) is 3.15. The predicted octanol–water partition coefficient (Wildman–Crippen LogP) is 4.59. The summed E-state index contributed by atoms with van der Waals surface area (Å²) in [6.45, 7) is 7.11. The molecule has 1 heteroatoms. The van der Waals surface area contributed by atoms with E-state index >= 15 is 0 Å². The van der Waals surface area contributed by atoms with E-state index < -0.39 is 0 Å². The summed E-state index contributed by atoms with van der Waals surface area (Å²) < 4.78 is 0. The standard InChI is InChI=1S/C16H25N/c1-16(2,3)13-10-8-12(9-11-13)14-6-4-5-7-15(14)17/h4-7,12-13H,8-11,17H2,1-3H3. The van der Waals surface area contributed by atoms with Crippen LogP contribution < -0.4 is 5.73 Å². The molecule has 1 aromatic rings. The molecule has 1 fully saturated rings. The minimum absolute atomic E-state index is 0.465. The van der Waals surface area contributed by atoms with Gasteiger partial charge >= 0.3 is 0 Å². The van der Waals surface area contributed by atoms with Crippen LogP contribution in [0.15, 0.2) is 24.3 Å². The smallest absolute Gasteiger partial charge is 0.0349 e. The minimum Gasteiger partial charge on any atom is -0.398 e. The number of hydrogen-bond acceptors (Lipinski definition) is 1. The molecule has 0 atom stereocenters. The molecule has 2 N–H and O–H groups in total. The van der Waals surface area contributed by atoms with Crippen molar-refractivity contribution in [1.82, 2.24) is 0 Å². The van der Waals surface area contributed by atoms with Crippen LogP contribution >= 0.6 is 0 Å². The molecule has 0 bridgehead atoms. The Hall–Kier alpha value is -0.980. The van der Waals surface area contributed by atoms with Gasteiger partial charge in [0.05, 0.1) is 0 Å². The summed E-state index contributed by atoms with van der Waals surface area (Å²) in [7, 11) is 0. The second-order valence-corrected chi connectivity index (χ2v) is 6.54. The summed E-state index contributed by atoms with van der Waals surface area (Å²) in [5, 5.41) is 0. The van der Waals surface area contributed by atoms with Crippen molar-refractivity contribution in [3.63, 3.8) is 0 Å². The van der Waals surface area contributed by atoms with Crippen LogP contribution in [0.25, 0.3) is 0 Å². The first-order valence-electron chi connectivity index (χ1n) is 6.83. The Balaban J connectivity index is 2.03. The Bertz CT molecular complexity index is 367. The van der Waals surface area contributed by atoms with Gasteiger partial charge in [0, 0.05) is 5.69 Å². The first-order chi connectivity index (χ1) is 7.98. The van der Waals surface area contributed by atoms with E-state index in [-0.39, 0.29) is 0 Å². The summed E-state index contributed by atoms with van der Waals surface area (Å²) in [4.78, 5) is 0. The number of nitrogens with two attached hydrogens (primary N) is 1. The second-order valence-electron chi connectivity index (χ2n) is 6.54. The minimum atomic E-state index is 0.465. The number of anilines is 1. The van der Waals surface area contributed by atoms with E-state index in [1.54, 1.807) is 0 Å². The van der Waals surface area contributed by atoms with Crippen LogP contribution in [-0.4, -0.2) is 0 Å². The highest BCUT2D eigenvalue weighted by Gasteiger charge is 2.30. The van der Waals surface area contributed by atoms with E-state index in [9.17, 15) is 0 Å². The highest BCUT2D eigenvalue weighted by atomic mass is 14.6. The third kappa shape index (κ3) is 2.83.